The van der Waals surface area contributed by atoms with Gasteiger partial charge in [0.1, 0.15) is 0 Å². The van der Waals surface area contributed by atoms with Crippen LogP contribution in [0.15, 0.2) is 0 Å². The third kappa shape index (κ3) is 13.2. The zero-order chi connectivity index (χ0) is 21.8. The summed E-state index contributed by atoms with van der Waals surface area (Å²) in [5.41, 5.74) is 0. The molecule has 0 saturated carbocycles. The Bertz CT molecular complexity index is 314. The Balaban J connectivity index is 5.72. The largest absolute Gasteiger partial charge is 0.673 e. The van der Waals surface area contributed by atoms with Crippen LogP contribution in [0.1, 0.15) is 92.9 Å². The van der Waals surface area contributed by atoms with Crippen molar-refractivity contribution in [3.05, 3.63) is 0 Å². The molecule has 0 saturated heterocycles. The van der Waals surface area contributed by atoms with Crippen LogP contribution in [0.5, 0.6) is 0 Å². The smallest absolute Gasteiger partial charge is 0.352 e. The van der Waals surface area contributed by atoms with E-state index in [2.05, 4.69) is 41.5 Å². The molecule has 0 aliphatic heterocycles. The van der Waals surface area contributed by atoms with E-state index in [9.17, 15) is 0 Å². The second-order valence-corrected chi connectivity index (χ2v) is 11.4. The normalized spacial score (nSPS) is 12.6. The lowest BCUT2D eigenvalue weighted by Crippen LogP contribution is -2.62. The summed E-state index contributed by atoms with van der Waals surface area (Å²) in [5, 5.41) is 0. The molecule has 0 aromatic rings. The molecule has 0 aliphatic rings. The topological polar surface area (TPSA) is 64.6 Å². The van der Waals surface area contributed by atoms with E-state index >= 15 is 0 Å². The fourth-order valence-corrected chi connectivity index (χ4v) is 7.92. The van der Waals surface area contributed by atoms with Crippen molar-refractivity contribution in [3.63, 3.8) is 0 Å². The Hall–Kier alpha value is 0.154. The predicted molar refractivity (Wildman–Crippen MR) is 119 cm³/mol. The van der Waals surface area contributed by atoms with Gasteiger partial charge in [0.2, 0.25) is 0 Å². The summed E-state index contributed by atoms with van der Waals surface area (Å²) in [7, 11) is -6.97. The predicted octanol–water partition coefficient (Wildman–Crippen LogP) is 5.21. The Morgan fingerprint density at radius 2 is 0.655 bits per heavy atom. The maximum Gasteiger partial charge on any atom is 0.673 e. The summed E-state index contributed by atoms with van der Waals surface area (Å²) < 4.78 is 43.3. The second kappa shape index (κ2) is 18.9. The molecule has 0 rings (SSSR count). The van der Waals surface area contributed by atoms with Crippen molar-refractivity contribution in [1.29, 1.82) is 0 Å². The lowest BCUT2D eigenvalue weighted by molar-refractivity contribution is -0.0686. The minimum absolute atomic E-state index is 0.489. The Morgan fingerprint density at radius 3 is 0.897 bits per heavy atom. The molecule has 0 unspecified atom stereocenters. The number of hydrogen-bond acceptors (Lipinski definition) is 7. The van der Waals surface area contributed by atoms with E-state index in [1.54, 1.807) is 0 Å². The van der Waals surface area contributed by atoms with Crippen LogP contribution in [0, 0.1) is 0 Å². The quantitative estimate of drug-likeness (QED) is 0.164. The zero-order valence-corrected chi connectivity index (χ0v) is 21.8. The molecule has 0 heterocycles. The molecule has 0 spiro atoms. The molecule has 0 fully saturated rings. The van der Waals surface area contributed by atoms with Crippen LogP contribution in [0.4, 0.5) is 0 Å². The average molecular weight is 455 g/mol. The molecule has 0 bridgehead atoms. The molecule has 9 heteroatoms. The first kappa shape index (κ1) is 29.2. The minimum Gasteiger partial charge on any atom is -0.352 e. The van der Waals surface area contributed by atoms with Crippen LogP contribution >= 0.6 is 0 Å². The molecule has 7 nitrogen and oxygen atoms in total. The summed E-state index contributed by atoms with van der Waals surface area (Å²) in [6, 6.07) is 0. The fraction of sp³-hybridized carbons (Fsp3) is 1.00. The van der Waals surface area contributed by atoms with E-state index in [1.165, 1.54) is 0 Å². The molecule has 0 aromatic heterocycles. The van der Waals surface area contributed by atoms with Gasteiger partial charge in [-0.15, -0.1) is 0 Å². The molecule has 0 N–H and O–H groups in total. The molecule has 29 heavy (non-hydrogen) atoms. The maximum absolute atomic E-state index is 6.47. The van der Waals surface area contributed by atoms with Gasteiger partial charge in [0.05, 0.1) is 0 Å². The number of hydrogen-bond donors (Lipinski definition) is 0. The molecule has 0 radical (unpaired) electrons. The van der Waals surface area contributed by atoms with E-state index in [1.807, 2.05) is 0 Å². The summed E-state index contributed by atoms with van der Waals surface area (Å²) >= 11 is 0. The molecule has 0 aliphatic carbocycles. The highest BCUT2D eigenvalue weighted by Crippen LogP contribution is 2.24. The van der Waals surface area contributed by atoms with Crippen molar-refractivity contribution in [2.45, 2.75) is 92.9 Å². The second-order valence-electron chi connectivity index (χ2n) is 6.90. The van der Waals surface area contributed by atoms with Gasteiger partial charge in [-0.05, 0) is 38.5 Å². The Morgan fingerprint density at radius 1 is 0.379 bits per heavy atom. The van der Waals surface area contributed by atoms with Crippen molar-refractivity contribution in [2.24, 2.45) is 0 Å². The van der Waals surface area contributed by atoms with Crippen molar-refractivity contribution in [3.8, 4) is 0 Å². The molecule has 0 amide bonds. The van der Waals surface area contributed by atoms with Crippen molar-refractivity contribution >= 4 is 18.1 Å². The Kier molecular flexibility index (Phi) is 19.0. The van der Waals surface area contributed by atoms with Gasteiger partial charge < -0.3 is 30.7 Å². The fourth-order valence-electron chi connectivity index (χ4n) is 2.17. The maximum atomic E-state index is 6.47. The third-order valence-corrected chi connectivity index (χ3v) is 9.08. The first-order valence-electron chi connectivity index (χ1n) is 11.6. The van der Waals surface area contributed by atoms with E-state index < -0.39 is 18.1 Å². The lowest BCUT2D eigenvalue weighted by atomic mass is 10.4. The van der Waals surface area contributed by atoms with Crippen LogP contribution in [-0.2, 0) is 30.7 Å². The monoisotopic (exact) mass is 454 g/mol. The third-order valence-electron chi connectivity index (χ3n) is 3.74. The first-order chi connectivity index (χ1) is 14.1. The van der Waals surface area contributed by atoms with E-state index in [4.69, 9.17) is 30.7 Å². The van der Waals surface area contributed by atoms with E-state index in [0.717, 1.165) is 51.4 Å². The van der Waals surface area contributed by atoms with Gasteiger partial charge in [-0.3, -0.25) is 0 Å². The van der Waals surface area contributed by atoms with Crippen LogP contribution in [-0.4, -0.2) is 57.7 Å². The number of unbranched alkanes of at least 4 members (excludes halogenated alkanes) is 2. The molecular formula is C20H46O7Si2. The van der Waals surface area contributed by atoms with Gasteiger partial charge in [-0.25, -0.2) is 0 Å². The average Bonchev–Trinajstić information content (AvgIpc) is 2.73. The van der Waals surface area contributed by atoms with Gasteiger partial charge in [0.15, 0.2) is 0 Å². The van der Waals surface area contributed by atoms with Crippen LogP contribution < -0.4 is 0 Å². The van der Waals surface area contributed by atoms with E-state index in [-0.39, 0.29) is 0 Å². The minimum atomic E-state index is -3.48. The number of rotatable bonds is 22. The highest BCUT2D eigenvalue weighted by atomic mass is 28.5. The van der Waals surface area contributed by atoms with E-state index in [0.29, 0.717) is 39.6 Å². The highest BCUT2D eigenvalue weighted by Gasteiger charge is 2.59. The first-order valence-corrected chi connectivity index (χ1v) is 14.9. The summed E-state index contributed by atoms with van der Waals surface area (Å²) in [6.45, 7) is 15.4. The van der Waals surface area contributed by atoms with Crippen LogP contribution in [0.25, 0.3) is 0 Å². The van der Waals surface area contributed by atoms with Crippen molar-refractivity contribution < 1.29 is 30.7 Å². The van der Waals surface area contributed by atoms with Gasteiger partial charge >= 0.3 is 18.1 Å². The van der Waals surface area contributed by atoms with Gasteiger partial charge in [0, 0.05) is 39.6 Å². The summed E-state index contributed by atoms with van der Waals surface area (Å²) in [5.74, 6) is 0. The lowest BCUT2D eigenvalue weighted by Gasteiger charge is -2.35. The van der Waals surface area contributed by atoms with Crippen LogP contribution in [0.2, 0.25) is 0 Å². The molecular weight excluding hydrogens is 408 g/mol. The van der Waals surface area contributed by atoms with Gasteiger partial charge in [-0.2, -0.15) is 0 Å². The SMILES string of the molecule is CCCCO[Si](OCCC)(OCCC)O[Si](OCCC)(OCCC)OCCCC. The molecule has 0 atom stereocenters. The Labute approximate surface area is 181 Å². The van der Waals surface area contributed by atoms with Gasteiger partial charge in [-0.1, -0.05) is 54.4 Å². The van der Waals surface area contributed by atoms with Gasteiger partial charge in [0.25, 0.3) is 0 Å². The summed E-state index contributed by atoms with van der Waals surface area (Å²) in [4.78, 5) is 0. The van der Waals surface area contributed by atoms with Crippen molar-refractivity contribution in [1.82, 2.24) is 0 Å². The standard InChI is InChI=1S/C20H46O7Si2/c1-7-13-19-25-28(21-15-9-3,22-16-10-4)27-29(23-17-11-5,24-18-12-6)26-20-14-8-2/h7-20H2,1-6H3. The highest BCUT2D eigenvalue weighted by molar-refractivity contribution is 6.68. The zero-order valence-electron chi connectivity index (χ0n) is 19.8. The summed E-state index contributed by atoms with van der Waals surface area (Å²) in [6.07, 6.45) is 7.17. The van der Waals surface area contributed by atoms with Crippen molar-refractivity contribution in [2.75, 3.05) is 39.6 Å². The molecule has 0 aromatic carbocycles. The molecule has 176 valence electrons. The van der Waals surface area contributed by atoms with Crippen LogP contribution in [0.3, 0.4) is 0 Å².